The highest BCUT2D eigenvalue weighted by Gasteiger charge is 2.26. The van der Waals surface area contributed by atoms with Gasteiger partial charge >= 0.3 is 6.03 Å². The monoisotopic (exact) mass is 303 g/mol. The molecule has 1 aromatic rings. The molecule has 0 unspecified atom stereocenters. The van der Waals surface area contributed by atoms with Gasteiger partial charge in [0.25, 0.3) is 0 Å². The Bertz CT molecular complexity index is 578. The van der Waals surface area contributed by atoms with Crippen molar-refractivity contribution < 1.29 is 14.4 Å². The molecule has 0 aromatic heterocycles. The summed E-state index contributed by atoms with van der Waals surface area (Å²) < 4.78 is 0. The maximum Gasteiger partial charge on any atom is 0.325 e. The third-order valence-electron chi connectivity index (χ3n) is 3.82. The first kappa shape index (κ1) is 16.0. The van der Waals surface area contributed by atoms with E-state index in [0.717, 1.165) is 5.56 Å². The van der Waals surface area contributed by atoms with Crippen LogP contribution in [-0.4, -0.2) is 35.8 Å². The summed E-state index contributed by atoms with van der Waals surface area (Å²) in [6, 6.07) is 6.84. The maximum atomic E-state index is 12.1. The highest BCUT2D eigenvalue weighted by atomic mass is 16.2. The van der Waals surface area contributed by atoms with Crippen LogP contribution >= 0.6 is 0 Å². The SMILES string of the molecule is CC(=O)N1CCC(C(=O)NC(=O)Nc2cccc(C)c2)CC1. The van der Waals surface area contributed by atoms with Gasteiger partial charge in [-0.25, -0.2) is 4.79 Å². The Morgan fingerprint density at radius 1 is 1.18 bits per heavy atom. The van der Waals surface area contributed by atoms with Gasteiger partial charge < -0.3 is 10.2 Å². The van der Waals surface area contributed by atoms with Gasteiger partial charge in [0.2, 0.25) is 11.8 Å². The van der Waals surface area contributed by atoms with Crippen molar-refractivity contribution in [3.05, 3.63) is 29.8 Å². The van der Waals surface area contributed by atoms with Crippen LogP contribution < -0.4 is 10.6 Å². The molecule has 6 heteroatoms. The van der Waals surface area contributed by atoms with Crippen molar-refractivity contribution in [1.29, 1.82) is 0 Å². The lowest BCUT2D eigenvalue weighted by Gasteiger charge is -2.30. The molecule has 2 rings (SSSR count). The molecule has 0 spiro atoms. The summed E-state index contributed by atoms with van der Waals surface area (Å²) in [4.78, 5) is 36.9. The lowest BCUT2D eigenvalue weighted by atomic mass is 9.96. The fourth-order valence-corrected chi connectivity index (χ4v) is 2.56. The van der Waals surface area contributed by atoms with E-state index in [1.54, 1.807) is 11.0 Å². The number of amides is 4. The van der Waals surface area contributed by atoms with E-state index in [2.05, 4.69) is 10.6 Å². The van der Waals surface area contributed by atoms with Crippen LogP contribution in [0.3, 0.4) is 0 Å². The minimum atomic E-state index is -0.524. The van der Waals surface area contributed by atoms with Crippen LogP contribution in [0.2, 0.25) is 0 Å². The zero-order valence-electron chi connectivity index (χ0n) is 12.9. The Labute approximate surface area is 129 Å². The number of carbonyl (C=O) groups excluding carboxylic acids is 3. The van der Waals surface area contributed by atoms with Crippen molar-refractivity contribution >= 4 is 23.5 Å². The molecule has 0 atom stereocenters. The van der Waals surface area contributed by atoms with Gasteiger partial charge in [0.05, 0.1) is 0 Å². The second kappa shape index (κ2) is 7.06. The minimum absolute atomic E-state index is 0.0241. The minimum Gasteiger partial charge on any atom is -0.343 e. The molecular weight excluding hydrogens is 282 g/mol. The number of benzene rings is 1. The van der Waals surface area contributed by atoms with Gasteiger partial charge in [0, 0.05) is 31.6 Å². The largest absolute Gasteiger partial charge is 0.343 e. The summed E-state index contributed by atoms with van der Waals surface area (Å²) in [6.07, 6.45) is 1.17. The van der Waals surface area contributed by atoms with Gasteiger partial charge in [-0.1, -0.05) is 12.1 Å². The lowest BCUT2D eigenvalue weighted by molar-refractivity contribution is -0.133. The van der Waals surface area contributed by atoms with Crippen LogP contribution in [0.5, 0.6) is 0 Å². The molecule has 1 aliphatic rings. The van der Waals surface area contributed by atoms with Crippen molar-refractivity contribution in [2.24, 2.45) is 5.92 Å². The first-order valence-corrected chi connectivity index (χ1v) is 7.39. The van der Waals surface area contributed by atoms with Crippen LogP contribution in [0, 0.1) is 12.8 Å². The predicted molar refractivity (Wildman–Crippen MR) is 83.3 cm³/mol. The van der Waals surface area contributed by atoms with Crippen molar-refractivity contribution in [2.45, 2.75) is 26.7 Å². The molecule has 1 saturated heterocycles. The molecular formula is C16H21N3O3. The fourth-order valence-electron chi connectivity index (χ4n) is 2.56. The molecule has 1 aliphatic heterocycles. The molecule has 0 bridgehead atoms. The zero-order chi connectivity index (χ0) is 16.1. The Balaban J connectivity index is 1.82. The summed E-state index contributed by atoms with van der Waals surface area (Å²) in [5.41, 5.74) is 1.68. The molecule has 6 nitrogen and oxygen atoms in total. The highest BCUT2D eigenvalue weighted by molar-refractivity contribution is 6.01. The fraction of sp³-hybridized carbons (Fsp3) is 0.438. The summed E-state index contributed by atoms with van der Waals surface area (Å²) in [5, 5.41) is 5.01. The smallest absolute Gasteiger partial charge is 0.325 e. The lowest BCUT2D eigenvalue weighted by Crippen LogP contribution is -2.44. The van der Waals surface area contributed by atoms with Crippen molar-refractivity contribution in [1.82, 2.24) is 10.2 Å². The van der Waals surface area contributed by atoms with Crippen LogP contribution in [-0.2, 0) is 9.59 Å². The molecule has 4 amide bonds. The molecule has 0 radical (unpaired) electrons. The van der Waals surface area contributed by atoms with Crippen LogP contribution in [0.25, 0.3) is 0 Å². The Kier molecular flexibility index (Phi) is 5.14. The molecule has 1 heterocycles. The number of nitrogens with zero attached hydrogens (tertiary/aromatic N) is 1. The predicted octanol–water partition coefficient (Wildman–Crippen LogP) is 1.90. The van der Waals surface area contributed by atoms with E-state index in [4.69, 9.17) is 0 Å². The molecule has 2 N–H and O–H groups in total. The number of carbonyl (C=O) groups is 3. The number of rotatable bonds is 2. The van der Waals surface area contributed by atoms with Gasteiger partial charge in [0.1, 0.15) is 0 Å². The Hall–Kier alpha value is -2.37. The van der Waals surface area contributed by atoms with Crippen molar-refractivity contribution in [2.75, 3.05) is 18.4 Å². The van der Waals surface area contributed by atoms with Crippen molar-refractivity contribution in [3.8, 4) is 0 Å². The van der Waals surface area contributed by atoms with Gasteiger partial charge in [-0.2, -0.15) is 0 Å². The average Bonchev–Trinajstić information content (AvgIpc) is 2.47. The van der Waals surface area contributed by atoms with E-state index < -0.39 is 6.03 Å². The van der Waals surface area contributed by atoms with E-state index >= 15 is 0 Å². The number of likely N-dealkylation sites (tertiary alicyclic amines) is 1. The number of piperidine rings is 1. The second-order valence-corrected chi connectivity index (χ2v) is 5.59. The van der Waals surface area contributed by atoms with E-state index in [1.165, 1.54) is 6.92 Å². The Morgan fingerprint density at radius 3 is 2.45 bits per heavy atom. The van der Waals surface area contributed by atoms with Gasteiger partial charge in [-0.3, -0.25) is 14.9 Å². The summed E-state index contributed by atoms with van der Waals surface area (Å²) in [6.45, 7) is 4.58. The second-order valence-electron chi connectivity index (χ2n) is 5.59. The number of urea groups is 1. The van der Waals surface area contributed by atoms with Crippen molar-refractivity contribution in [3.63, 3.8) is 0 Å². The van der Waals surface area contributed by atoms with E-state index in [-0.39, 0.29) is 17.7 Å². The standard InChI is InChI=1S/C16H21N3O3/c1-11-4-3-5-14(10-11)17-16(22)18-15(21)13-6-8-19(9-7-13)12(2)20/h3-5,10,13H,6-9H2,1-2H3,(H2,17,18,21,22). The summed E-state index contributed by atoms with van der Waals surface area (Å²) in [7, 11) is 0. The van der Waals surface area contributed by atoms with Gasteiger partial charge in [-0.15, -0.1) is 0 Å². The topological polar surface area (TPSA) is 78.5 Å². The van der Waals surface area contributed by atoms with E-state index in [1.807, 2.05) is 25.1 Å². The van der Waals surface area contributed by atoms with Crippen LogP contribution in [0.4, 0.5) is 10.5 Å². The number of hydrogen-bond donors (Lipinski definition) is 2. The van der Waals surface area contributed by atoms with Crippen LogP contribution in [0.1, 0.15) is 25.3 Å². The first-order chi connectivity index (χ1) is 10.5. The normalized spacial score (nSPS) is 15.3. The van der Waals surface area contributed by atoms with Crippen LogP contribution in [0.15, 0.2) is 24.3 Å². The van der Waals surface area contributed by atoms with Gasteiger partial charge in [0.15, 0.2) is 0 Å². The third kappa shape index (κ3) is 4.31. The van der Waals surface area contributed by atoms with E-state index in [0.29, 0.717) is 31.6 Å². The third-order valence-corrected chi connectivity index (χ3v) is 3.82. The number of anilines is 1. The van der Waals surface area contributed by atoms with E-state index in [9.17, 15) is 14.4 Å². The first-order valence-electron chi connectivity index (χ1n) is 7.39. The number of imide groups is 1. The average molecular weight is 303 g/mol. The maximum absolute atomic E-state index is 12.1. The molecule has 118 valence electrons. The highest BCUT2D eigenvalue weighted by Crippen LogP contribution is 2.17. The molecule has 22 heavy (non-hydrogen) atoms. The number of hydrogen-bond acceptors (Lipinski definition) is 3. The molecule has 1 fully saturated rings. The quantitative estimate of drug-likeness (QED) is 0.876. The molecule has 0 saturated carbocycles. The zero-order valence-corrected chi connectivity index (χ0v) is 12.9. The summed E-state index contributed by atoms with van der Waals surface area (Å²) >= 11 is 0. The number of aryl methyl sites for hydroxylation is 1. The molecule has 0 aliphatic carbocycles. The number of nitrogens with one attached hydrogen (secondary N) is 2. The van der Waals surface area contributed by atoms with Gasteiger partial charge in [-0.05, 0) is 37.5 Å². The summed E-state index contributed by atoms with van der Waals surface area (Å²) in [5.74, 6) is -0.483. The Morgan fingerprint density at radius 2 is 1.86 bits per heavy atom. The molecule has 1 aromatic carbocycles.